The van der Waals surface area contributed by atoms with E-state index in [1.807, 2.05) is 0 Å². The molecule has 248 valence electrons. The lowest BCUT2D eigenvalue weighted by Crippen LogP contribution is -2.49. The first-order valence-corrected chi connectivity index (χ1v) is 17.7. The Bertz CT molecular complexity index is 1890. The molecule has 0 saturated heterocycles. The number of hydrogen-bond acceptors (Lipinski definition) is 6. The molecule has 1 unspecified atom stereocenters. The van der Waals surface area contributed by atoms with Crippen LogP contribution in [0, 0.1) is 0 Å². The van der Waals surface area contributed by atoms with E-state index in [1.54, 1.807) is 78.9 Å². The minimum Gasteiger partial charge on any atom is -0.351 e. The number of halogens is 1. The molecule has 4 aromatic rings. The maximum atomic E-state index is 14.5. The van der Waals surface area contributed by atoms with Gasteiger partial charge in [0.1, 0.15) is 11.8 Å². The van der Waals surface area contributed by atoms with Crippen molar-refractivity contribution in [2.75, 3.05) is 16.0 Å². The molecule has 4 aromatic carbocycles. The summed E-state index contributed by atoms with van der Waals surface area (Å²) in [5.74, 6) is -3.13. The molecule has 2 N–H and O–H groups in total. The molecule has 0 aliphatic heterocycles. The molecule has 1 aliphatic carbocycles. The number of rotatable bonds is 11. The standard InChI is InChI=1S/C37H36ClN3O6S/c1-25(42)39-30-20-22-31(23-21-30)48(46,47)24-34(43)41(33-15-9-8-14-32(33)36(44)27-10-4-2-5-11-27)35(26-16-18-28(38)19-17-26)37(45)40-29-12-6-3-7-13-29/h2,4-5,8-11,14-23,29,35H,3,6-7,12-13,24H2,1H3,(H,39,42)(H,40,45). The van der Waals surface area contributed by atoms with E-state index in [-0.39, 0.29) is 28.1 Å². The largest absolute Gasteiger partial charge is 0.351 e. The van der Waals surface area contributed by atoms with E-state index in [0.717, 1.165) is 37.0 Å². The van der Waals surface area contributed by atoms with Crippen molar-refractivity contribution in [3.05, 3.63) is 125 Å². The molecular formula is C37H36ClN3O6S. The van der Waals surface area contributed by atoms with Gasteiger partial charge in [0.25, 0.3) is 0 Å². The molecule has 0 aromatic heterocycles. The lowest BCUT2D eigenvalue weighted by atomic mass is 9.94. The van der Waals surface area contributed by atoms with Crippen molar-refractivity contribution in [2.45, 2.75) is 56.0 Å². The number of sulfone groups is 1. The van der Waals surface area contributed by atoms with E-state index < -0.39 is 39.2 Å². The summed E-state index contributed by atoms with van der Waals surface area (Å²) in [6, 6.07) is 25.3. The molecule has 9 nitrogen and oxygen atoms in total. The van der Waals surface area contributed by atoms with Crippen LogP contribution in [0.15, 0.2) is 108 Å². The van der Waals surface area contributed by atoms with E-state index in [9.17, 15) is 27.6 Å². The zero-order chi connectivity index (χ0) is 34.3. The monoisotopic (exact) mass is 685 g/mol. The normalized spacial score (nSPS) is 14.0. The summed E-state index contributed by atoms with van der Waals surface area (Å²) in [4.78, 5) is 55.2. The molecule has 0 radical (unpaired) electrons. The van der Waals surface area contributed by atoms with Crippen molar-refractivity contribution in [1.82, 2.24) is 5.32 Å². The van der Waals surface area contributed by atoms with Crippen LogP contribution in [0.1, 0.15) is 66.6 Å². The van der Waals surface area contributed by atoms with Crippen LogP contribution in [0.3, 0.4) is 0 Å². The van der Waals surface area contributed by atoms with E-state index in [0.29, 0.717) is 21.8 Å². The van der Waals surface area contributed by atoms with Crippen molar-refractivity contribution >= 4 is 56.3 Å². The quantitative estimate of drug-likeness (QED) is 0.173. The first-order valence-electron chi connectivity index (χ1n) is 15.7. The molecule has 1 atom stereocenters. The Kier molecular flexibility index (Phi) is 11.1. The predicted octanol–water partition coefficient (Wildman–Crippen LogP) is 6.53. The molecule has 48 heavy (non-hydrogen) atoms. The highest BCUT2D eigenvalue weighted by atomic mass is 35.5. The minimum atomic E-state index is -4.26. The Balaban J connectivity index is 1.62. The number of nitrogens with one attached hydrogen (secondary N) is 2. The molecule has 1 aliphatic rings. The van der Waals surface area contributed by atoms with Gasteiger partial charge in [0.05, 0.1) is 10.6 Å². The van der Waals surface area contributed by atoms with Crippen LogP contribution in [0.25, 0.3) is 0 Å². The highest BCUT2D eigenvalue weighted by Gasteiger charge is 2.38. The molecule has 0 heterocycles. The summed E-state index contributed by atoms with van der Waals surface area (Å²) in [7, 11) is -4.26. The van der Waals surface area contributed by atoms with E-state index >= 15 is 0 Å². The molecule has 0 bridgehead atoms. The van der Waals surface area contributed by atoms with Crippen molar-refractivity contribution in [3.8, 4) is 0 Å². The maximum absolute atomic E-state index is 14.5. The van der Waals surface area contributed by atoms with Gasteiger partial charge in [-0.25, -0.2) is 8.42 Å². The highest BCUT2D eigenvalue weighted by Crippen LogP contribution is 2.34. The Morgan fingerprint density at radius 2 is 1.44 bits per heavy atom. The number of nitrogens with zero attached hydrogens (tertiary/aromatic N) is 1. The number of carbonyl (C=O) groups excluding carboxylic acids is 4. The highest BCUT2D eigenvalue weighted by molar-refractivity contribution is 7.92. The number of ketones is 1. The Hall–Kier alpha value is -4.80. The van der Waals surface area contributed by atoms with Gasteiger partial charge in [-0.15, -0.1) is 0 Å². The number of hydrogen-bond donors (Lipinski definition) is 2. The Morgan fingerprint density at radius 3 is 2.08 bits per heavy atom. The lowest BCUT2D eigenvalue weighted by molar-refractivity contribution is -0.126. The zero-order valence-corrected chi connectivity index (χ0v) is 28.0. The third-order valence-electron chi connectivity index (χ3n) is 8.20. The van der Waals surface area contributed by atoms with Gasteiger partial charge in [-0.1, -0.05) is 85.5 Å². The maximum Gasteiger partial charge on any atom is 0.248 e. The second-order valence-corrected chi connectivity index (χ2v) is 14.2. The van der Waals surface area contributed by atoms with Gasteiger partial charge < -0.3 is 10.6 Å². The first-order chi connectivity index (χ1) is 23.0. The SMILES string of the molecule is CC(=O)Nc1ccc(S(=O)(=O)CC(=O)N(c2ccccc2C(=O)c2ccccc2)C(C(=O)NC2CCCCC2)c2ccc(Cl)cc2)cc1. The summed E-state index contributed by atoms with van der Waals surface area (Å²) < 4.78 is 27.4. The van der Waals surface area contributed by atoms with Gasteiger partial charge in [-0.3, -0.25) is 24.1 Å². The summed E-state index contributed by atoms with van der Waals surface area (Å²) >= 11 is 6.21. The summed E-state index contributed by atoms with van der Waals surface area (Å²) in [5.41, 5.74) is 1.36. The van der Waals surface area contributed by atoms with E-state index in [1.165, 1.54) is 31.2 Å². The van der Waals surface area contributed by atoms with Gasteiger partial charge in [0.15, 0.2) is 15.6 Å². The van der Waals surface area contributed by atoms with Crippen LogP contribution in [0.2, 0.25) is 5.02 Å². The molecule has 11 heteroatoms. The molecule has 3 amide bonds. The number of benzene rings is 4. The Morgan fingerprint density at radius 1 is 0.812 bits per heavy atom. The second kappa shape index (κ2) is 15.4. The van der Waals surface area contributed by atoms with Crippen molar-refractivity contribution in [1.29, 1.82) is 0 Å². The third-order valence-corrected chi connectivity index (χ3v) is 10.1. The van der Waals surface area contributed by atoms with Gasteiger partial charge in [-0.05, 0) is 66.9 Å². The third kappa shape index (κ3) is 8.37. The molecular weight excluding hydrogens is 650 g/mol. The predicted molar refractivity (Wildman–Crippen MR) is 186 cm³/mol. The van der Waals surface area contributed by atoms with Crippen LogP contribution >= 0.6 is 11.6 Å². The fraction of sp³-hybridized carbons (Fsp3) is 0.243. The summed E-state index contributed by atoms with van der Waals surface area (Å²) in [5, 5.41) is 6.09. The summed E-state index contributed by atoms with van der Waals surface area (Å²) in [6.45, 7) is 1.33. The van der Waals surface area contributed by atoms with Crippen LogP contribution in [0.5, 0.6) is 0 Å². The smallest absolute Gasteiger partial charge is 0.248 e. The minimum absolute atomic E-state index is 0.0892. The van der Waals surface area contributed by atoms with Crippen LogP contribution < -0.4 is 15.5 Å². The van der Waals surface area contributed by atoms with E-state index in [4.69, 9.17) is 11.6 Å². The van der Waals surface area contributed by atoms with E-state index in [2.05, 4.69) is 10.6 Å². The number of carbonyl (C=O) groups is 4. The fourth-order valence-corrected chi connectivity index (χ4v) is 7.20. The average Bonchev–Trinajstić information content (AvgIpc) is 3.08. The topological polar surface area (TPSA) is 130 Å². The van der Waals surface area contributed by atoms with Crippen molar-refractivity contribution < 1.29 is 27.6 Å². The number of para-hydroxylation sites is 1. The van der Waals surface area contributed by atoms with Crippen LogP contribution in [0.4, 0.5) is 11.4 Å². The molecule has 0 spiro atoms. The second-order valence-electron chi connectivity index (χ2n) is 11.7. The number of amides is 3. The van der Waals surface area contributed by atoms with Crippen molar-refractivity contribution in [3.63, 3.8) is 0 Å². The molecule has 5 rings (SSSR count). The molecule has 1 fully saturated rings. The van der Waals surface area contributed by atoms with Crippen molar-refractivity contribution in [2.24, 2.45) is 0 Å². The fourth-order valence-electron chi connectivity index (χ4n) is 5.89. The summed E-state index contributed by atoms with van der Waals surface area (Å²) in [6.07, 6.45) is 4.52. The van der Waals surface area contributed by atoms with Gasteiger partial charge in [0.2, 0.25) is 17.7 Å². The first kappa shape index (κ1) is 34.5. The molecule has 1 saturated carbocycles. The van der Waals surface area contributed by atoms with Gasteiger partial charge in [0, 0.05) is 34.8 Å². The lowest BCUT2D eigenvalue weighted by Gasteiger charge is -2.34. The number of anilines is 2. The van der Waals surface area contributed by atoms with Crippen LogP contribution in [-0.4, -0.2) is 43.7 Å². The zero-order valence-electron chi connectivity index (χ0n) is 26.4. The van der Waals surface area contributed by atoms with Crippen LogP contribution in [-0.2, 0) is 24.2 Å². The van der Waals surface area contributed by atoms with Gasteiger partial charge in [-0.2, -0.15) is 0 Å². The Labute approximate surface area is 285 Å². The average molecular weight is 686 g/mol. The van der Waals surface area contributed by atoms with Gasteiger partial charge >= 0.3 is 0 Å².